The highest BCUT2D eigenvalue weighted by atomic mass is 79.9. The van der Waals surface area contributed by atoms with Crippen LogP contribution in [-0.2, 0) is 16.0 Å². The van der Waals surface area contributed by atoms with Gasteiger partial charge >= 0.3 is 12.1 Å². The molecule has 0 unspecified atom stereocenters. The molecule has 0 spiro atoms. The van der Waals surface area contributed by atoms with Gasteiger partial charge in [0.1, 0.15) is 11.5 Å². The average Bonchev–Trinajstić information content (AvgIpc) is 2.59. The maximum Gasteiger partial charge on any atom is 0.392 e. The molecule has 0 aliphatic rings. The van der Waals surface area contributed by atoms with E-state index in [1.807, 2.05) is 25.1 Å². The smallest absolute Gasteiger partial charge is 0.392 e. The van der Waals surface area contributed by atoms with Gasteiger partial charge in [-0.15, -0.1) is 0 Å². The van der Waals surface area contributed by atoms with E-state index < -0.39 is 24.5 Å². The number of esters is 1. The normalized spacial score (nSPS) is 12.5. The Morgan fingerprint density at radius 1 is 1.15 bits per heavy atom. The van der Waals surface area contributed by atoms with Gasteiger partial charge in [-0.25, -0.2) is 0 Å². The second kappa shape index (κ2) is 9.26. The van der Waals surface area contributed by atoms with Crippen molar-refractivity contribution in [2.45, 2.75) is 32.9 Å². The van der Waals surface area contributed by atoms with E-state index in [2.05, 4.69) is 20.7 Å². The summed E-state index contributed by atoms with van der Waals surface area (Å²) in [6.45, 7) is 3.52. The average molecular weight is 445 g/mol. The van der Waals surface area contributed by atoms with Gasteiger partial charge in [-0.3, -0.25) is 4.79 Å². The molecule has 0 aliphatic heterocycles. The third-order valence-corrected chi connectivity index (χ3v) is 4.89. The summed E-state index contributed by atoms with van der Waals surface area (Å²) in [5.41, 5.74) is 1.40. The van der Waals surface area contributed by atoms with Crippen LogP contribution in [0.3, 0.4) is 0 Å². The van der Waals surface area contributed by atoms with Crippen LogP contribution in [-0.4, -0.2) is 18.8 Å². The molecule has 7 heteroatoms. The van der Waals surface area contributed by atoms with E-state index in [1.54, 1.807) is 31.2 Å². The quantitative estimate of drug-likeness (QED) is 0.475. The van der Waals surface area contributed by atoms with Crippen LogP contribution >= 0.6 is 15.9 Å². The lowest BCUT2D eigenvalue weighted by Crippen LogP contribution is -2.28. The minimum absolute atomic E-state index is 0.0600. The third-order valence-electron chi connectivity index (χ3n) is 4.03. The van der Waals surface area contributed by atoms with Crippen molar-refractivity contribution in [3.05, 3.63) is 58.1 Å². The fourth-order valence-electron chi connectivity index (χ4n) is 2.53. The number of hydrogen-bond acceptors (Lipinski definition) is 3. The van der Waals surface area contributed by atoms with Gasteiger partial charge in [0.15, 0.2) is 0 Å². The predicted molar refractivity (Wildman–Crippen MR) is 99.9 cm³/mol. The zero-order valence-corrected chi connectivity index (χ0v) is 16.6. The van der Waals surface area contributed by atoms with Crippen LogP contribution in [0.2, 0.25) is 0 Å². The van der Waals surface area contributed by atoms with Crippen LogP contribution in [0.15, 0.2) is 46.9 Å². The van der Waals surface area contributed by atoms with Crippen molar-refractivity contribution in [1.82, 2.24) is 0 Å². The van der Waals surface area contributed by atoms with Crippen LogP contribution < -0.4 is 4.74 Å². The standard InChI is InChI=1S/C20H20BrF3O3/c1-3-26-19(25)12-15(20(22,23)24)11-14-7-9-16(10-8-14)27-18-6-4-5-17(21)13(18)2/h4-10,15H,3,11-12H2,1-2H3/t15-/m1/s1. The van der Waals surface area contributed by atoms with E-state index in [1.165, 1.54) is 0 Å². The molecule has 0 saturated carbocycles. The van der Waals surface area contributed by atoms with Crippen molar-refractivity contribution in [2.24, 2.45) is 5.92 Å². The molecule has 2 aromatic carbocycles. The number of halogens is 4. The molecule has 0 aliphatic carbocycles. The molecule has 0 amide bonds. The largest absolute Gasteiger partial charge is 0.466 e. The van der Waals surface area contributed by atoms with Crippen molar-refractivity contribution < 1.29 is 27.4 Å². The van der Waals surface area contributed by atoms with E-state index in [0.29, 0.717) is 17.1 Å². The molecule has 3 nitrogen and oxygen atoms in total. The highest BCUT2D eigenvalue weighted by Gasteiger charge is 2.41. The van der Waals surface area contributed by atoms with Crippen molar-refractivity contribution in [3.63, 3.8) is 0 Å². The number of carbonyl (C=O) groups is 1. The molecular weight excluding hydrogens is 425 g/mol. The lowest BCUT2D eigenvalue weighted by atomic mass is 9.95. The second-order valence-electron chi connectivity index (χ2n) is 6.06. The monoisotopic (exact) mass is 444 g/mol. The van der Waals surface area contributed by atoms with Crippen molar-refractivity contribution >= 4 is 21.9 Å². The Kier molecular flexibility index (Phi) is 7.30. The number of ether oxygens (including phenoxy) is 2. The van der Waals surface area contributed by atoms with Crippen LogP contribution in [0.4, 0.5) is 13.2 Å². The highest BCUT2D eigenvalue weighted by Crippen LogP contribution is 2.33. The van der Waals surface area contributed by atoms with E-state index in [9.17, 15) is 18.0 Å². The van der Waals surface area contributed by atoms with Gasteiger partial charge in [0.25, 0.3) is 0 Å². The molecule has 0 saturated heterocycles. The first kappa shape index (κ1) is 21.3. The Bertz CT molecular complexity index is 773. The lowest BCUT2D eigenvalue weighted by molar-refractivity contribution is -0.184. The molecule has 1 atom stereocenters. The summed E-state index contributed by atoms with van der Waals surface area (Å²) >= 11 is 3.42. The molecule has 146 valence electrons. The minimum Gasteiger partial charge on any atom is -0.466 e. The summed E-state index contributed by atoms with van der Waals surface area (Å²) in [6.07, 6.45) is -5.46. The first-order valence-corrected chi connectivity index (χ1v) is 9.24. The molecule has 0 heterocycles. The van der Waals surface area contributed by atoms with Crippen molar-refractivity contribution in [3.8, 4) is 11.5 Å². The number of hydrogen-bond donors (Lipinski definition) is 0. The molecule has 2 rings (SSSR count). The number of alkyl halides is 3. The SMILES string of the molecule is CCOC(=O)C[C@@H](Cc1ccc(Oc2cccc(Br)c2C)cc1)C(F)(F)F. The fraction of sp³-hybridized carbons (Fsp3) is 0.350. The van der Waals surface area contributed by atoms with Gasteiger partial charge in [0.2, 0.25) is 0 Å². The Morgan fingerprint density at radius 2 is 1.81 bits per heavy atom. The van der Waals surface area contributed by atoms with Gasteiger partial charge in [0, 0.05) is 10.0 Å². The molecular formula is C20H20BrF3O3. The Morgan fingerprint density at radius 3 is 2.41 bits per heavy atom. The number of benzene rings is 2. The first-order chi connectivity index (χ1) is 12.7. The fourth-order valence-corrected chi connectivity index (χ4v) is 2.88. The maximum absolute atomic E-state index is 13.2. The second-order valence-corrected chi connectivity index (χ2v) is 6.92. The lowest BCUT2D eigenvalue weighted by Gasteiger charge is -2.19. The summed E-state index contributed by atoms with van der Waals surface area (Å²) < 4.78 is 51.0. The molecule has 0 N–H and O–H groups in total. The van der Waals surface area contributed by atoms with Gasteiger partial charge in [-0.2, -0.15) is 13.2 Å². The van der Waals surface area contributed by atoms with E-state index in [4.69, 9.17) is 4.74 Å². The first-order valence-electron chi connectivity index (χ1n) is 8.45. The molecule has 2 aromatic rings. The van der Waals surface area contributed by atoms with Crippen LogP contribution in [0, 0.1) is 12.8 Å². The number of carbonyl (C=O) groups excluding carboxylic acids is 1. The van der Waals surface area contributed by atoms with Crippen molar-refractivity contribution in [1.29, 1.82) is 0 Å². The zero-order valence-electron chi connectivity index (χ0n) is 15.0. The van der Waals surface area contributed by atoms with E-state index in [0.717, 1.165) is 10.0 Å². The van der Waals surface area contributed by atoms with Gasteiger partial charge < -0.3 is 9.47 Å². The van der Waals surface area contributed by atoms with Crippen LogP contribution in [0.1, 0.15) is 24.5 Å². The topological polar surface area (TPSA) is 35.5 Å². The summed E-state index contributed by atoms with van der Waals surface area (Å²) in [6, 6.07) is 11.9. The Balaban J connectivity index is 2.08. The maximum atomic E-state index is 13.2. The zero-order chi connectivity index (χ0) is 20.0. The van der Waals surface area contributed by atoms with Gasteiger partial charge in [0.05, 0.1) is 18.9 Å². The van der Waals surface area contributed by atoms with Crippen LogP contribution in [0.5, 0.6) is 11.5 Å². The molecule has 0 radical (unpaired) electrons. The summed E-state index contributed by atoms with van der Waals surface area (Å²) in [7, 11) is 0. The van der Waals surface area contributed by atoms with Gasteiger partial charge in [-0.1, -0.05) is 34.1 Å². The minimum atomic E-state index is -4.48. The number of rotatable bonds is 7. The molecule has 27 heavy (non-hydrogen) atoms. The predicted octanol–water partition coefficient (Wildman–Crippen LogP) is 6.22. The van der Waals surface area contributed by atoms with Gasteiger partial charge in [-0.05, 0) is 50.1 Å². The highest BCUT2D eigenvalue weighted by molar-refractivity contribution is 9.10. The summed E-state index contributed by atoms with van der Waals surface area (Å²) in [4.78, 5) is 11.5. The van der Waals surface area contributed by atoms with E-state index >= 15 is 0 Å². The third kappa shape index (κ3) is 6.27. The molecule has 0 fully saturated rings. The van der Waals surface area contributed by atoms with E-state index in [-0.39, 0.29) is 13.0 Å². The summed E-state index contributed by atoms with van der Waals surface area (Å²) in [5.74, 6) is -1.44. The summed E-state index contributed by atoms with van der Waals surface area (Å²) in [5, 5.41) is 0. The Hall–Kier alpha value is -2.02. The Labute approximate surface area is 164 Å². The molecule has 0 bridgehead atoms. The molecule has 0 aromatic heterocycles. The van der Waals surface area contributed by atoms with Crippen molar-refractivity contribution in [2.75, 3.05) is 6.61 Å². The van der Waals surface area contributed by atoms with Crippen LogP contribution in [0.25, 0.3) is 0 Å².